The van der Waals surface area contributed by atoms with Crippen molar-refractivity contribution in [3.8, 4) is 5.75 Å². The van der Waals surface area contributed by atoms with Crippen molar-refractivity contribution < 1.29 is 18.7 Å². The minimum absolute atomic E-state index is 0.0299. The van der Waals surface area contributed by atoms with Crippen molar-refractivity contribution in [1.29, 1.82) is 0 Å². The number of aromatic nitrogens is 2. The van der Waals surface area contributed by atoms with Gasteiger partial charge in [0.25, 0.3) is 5.91 Å². The molecular formula is C20H25N6O5SSi. The number of amides is 1. The quantitative estimate of drug-likeness (QED) is 0.354. The van der Waals surface area contributed by atoms with Crippen LogP contribution in [-0.2, 0) is 4.74 Å². The van der Waals surface area contributed by atoms with Crippen molar-refractivity contribution in [2.45, 2.75) is 38.0 Å². The lowest BCUT2D eigenvalue weighted by Crippen LogP contribution is -2.35. The molecule has 2 heterocycles. The lowest BCUT2D eigenvalue weighted by molar-refractivity contribution is 0.0718. The van der Waals surface area contributed by atoms with E-state index in [0.29, 0.717) is 16.5 Å². The molecule has 1 amide bonds. The van der Waals surface area contributed by atoms with E-state index < -0.39 is 11.5 Å². The first-order valence-electron chi connectivity index (χ1n) is 10.2. The van der Waals surface area contributed by atoms with Crippen LogP contribution in [-0.4, -0.2) is 58.0 Å². The summed E-state index contributed by atoms with van der Waals surface area (Å²) in [6.07, 6.45) is 6.02. The van der Waals surface area contributed by atoms with Crippen molar-refractivity contribution in [3.05, 3.63) is 34.5 Å². The van der Waals surface area contributed by atoms with Gasteiger partial charge >= 0.3 is 5.63 Å². The molecule has 33 heavy (non-hydrogen) atoms. The second-order valence-corrected chi connectivity index (χ2v) is 8.87. The van der Waals surface area contributed by atoms with Crippen LogP contribution >= 0.6 is 11.3 Å². The predicted octanol–water partition coefficient (Wildman–Crippen LogP) is 2.04. The summed E-state index contributed by atoms with van der Waals surface area (Å²) in [6, 6.07) is 1.41. The molecule has 1 saturated carbocycles. The molecule has 4 N–H and O–H groups in total. The Labute approximate surface area is 197 Å². The van der Waals surface area contributed by atoms with Gasteiger partial charge in [0.1, 0.15) is 0 Å². The molecule has 0 unspecified atom stereocenters. The Morgan fingerprint density at radius 1 is 1.42 bits per heavy atom. The monoisotopic (exact) mass is 489 g/mol. The molecule has 175 valence electrons. The zero-order valence-corrected chi connectivity index (χ0v) is 20.3. The second kappa shape index (κ2) is 11.2. The van der Waals surface area contributed by atoms with Crippen molar-refractivity contribution in [1.82, 2.24) is 10.2 Å². The highest BCUT2D eigenvalue weighted by atomic mass is 32.1. The van der Waals surface area contributed by atoms with E-state index in [1.165, 1.54) is 19.4 Å². The van der Waals surface area contributed by atoms with E-state index in [2.05, 4.69) is 36.1 Å². The smallest absolute Gasteiger partial charge is 0.381 e. The number of anilines is 2. The van der Waals surface area contributed by atoms with Crippen LogP contribution in [0, 0.1) is 5.92 Å². The van der Waals surface area contributed by atoms with Gasteiger partial charge in [-0.25, -0.2) is 9.79 Å². The number of nitrogens with zero attached hydrogens (tertiary/aromatic N) is 3. The van der Waals surface area contributed by atoms with Crippen molar-refractivity contribution in [2.24, 2.45) is 16.6 Å². The molecule has 0 spiro atoms. The minimum Gasteiger partial charge on any atom is -0.488 e. The summed E-state index contributed by atoms with van der Waals surface area (Å²) in [5.41, 5.74) is 5.29. The second-order valence-electron chi connectivity index (χ2n) is 7.29. The number of carbonyl (C=O) groups is 1. The Morgan fingerprint density at radius 3 is 2.91 bits per heavy atom. The van der Waals surface area contributed by atoms with Crippen LogP contribution in [0.2, 0.25) is 0 Å². The van der Waals surface area contributed by atoms with E-state index >= 15 is 0 Å². The number of nitrogens with two attached hydrogens (primary N) is 1. The Hall–Kier alpha value is -3.03. The standard InChI is InChI=1S/C20H25N6O5SSi/c1-10(7-8-21)22-19-25-26-20(32-19)24-16(27)14-9-12(15(30-3)18(28)31-14)23-17(33)11-5-4-6-13(11)29-2/h7-9,11,13,17,23H,4-6,21H2,1-3H3,(H,24,26,27)/t11-,13+,17-/m0/s1. The molecule has 3 atom stereocenters. The molecule has 11 nitrogen and oxygen atoms in total. The van der Waals surface area contributed by atoms with Crippen molar-refractivity contribution in [2.75, 3.05) is 24.9 Å². The Kier molecular flexibility index (Phi) is 8.35. The molecule has 2 aromatic rings. The van der Waals surface area contributed by atoms with Crippen LogP contribution in [0.15, 0.2) is 32.5 Å². The Balaban J connectivity index is 1.79. The zero-order valence-electron chi connectivity index (χ0n) is 18.5. The van der Waals surface area contributed by atoms with Gasteiger partial charge < -0.3 is 24.9 Å². The number of aliphatic imine (C=N–C) groups is 1. The highest BCUT2D eigenvalue weighted by molar-refractivity contribution is 7.18. The van der Waals surface area contributed by atoms with Gasteiger partial charge in [-0.1, -0.05) is 17.8 Å². The lowest BCUT2D eigenvalue weighted by atomic mass is 10.1. The van der Waals surface area contributed by atoms with Crippen molar-refractivity contribution in [3.63, 3.8) is 0 Å². The lowest BCUT2D eigenvalue weighted by Gasteiger charge is -2.27. The SMILES string of the molecule is COc1c(N[C@@H]([Si])[C@H]2CCC[C@H]2OC)cc(C(=O)Nc2nnc(N=C(C)C=CN)s2)oc1=O. The number of nitrogens with one attached hydrogen (secondary N) is 2. The number of hydrogen-bond acceptors (Lipinski definition) is 11. The van der Waals surface area contributed by atoms with E-state index in [1.54, 1.807) is 20.1 Å². The number of allylic oxidation sites excluding steroid dienone is 1. The zero-order chi connectivity index (χ0) is 24.0. The van der Waals surface area contributed by atoms with E-state index in [-0.39, 0.29) is 34.3 Å². The summed E-state index contributed by atoms with van der Waals surface area (Å²) in [5.74, 6) is -0.722. The van der Waals surface area contributed by atoms with Crippen LogP contribution in [0.3, 0.4) is 0 Å². The van der Waals surface area contributed by atoms with Crippen molar-refractivity contribution >= 4 is 49.1 Å². The van der Waals surface area contributed by atoms with E-state index in [9.17, 15) is 9.59 Å². The summed E-state index contributed by atoms with van der Waals surface area (Å²) in [5, 5.41) is 14.1. The fourth-order valence-electron chi connectivity index (χ4n) is 3.60. The molecular weight excluding hydrogens is 464 g/mol. The van der Waals surface area contributed by atoms with Gasteiger partial charge in [0.2, 0.25) is 16.0 Å². The molecule has 0 aromatic carbocycles. The molecule has 1 aliphatic rings. The molecule has 1 aliphatic carbocycles. The predicted molar refractivity (Wildman–Crippen MR) is 127 cm³/mol. The average Bonchev–Trinajstić information content (AvgIpc) is 3.43. The van der Waals surface area contributed by atoms with Gasteiger partial charge in [0, 0.05) is 30.5 Å². The maximum absolute atomic E-state index is 12.7. The fraction of sp³-hybridized carbons (Fsp3) is 0.450. The molecule has 0 aliphatic heterocycles. The summed E-state index contributed by atoms with van der Waals surface area (Å²) in [4.78, 5) is 29.4. The topological polar surface area (TPSA) is 154 Å². The van der Waals surface area contributed by atoms with Crippen LogP contribution in [0.5, 0.6) is 5.75 Å². The average molecular weight is 490 g/mol. The van der Waals surface area contributed by atoms with E-state index in [4.69, 9.17) is 19.6 Å². The minimum atomic E-state index is -0.784. The number of methoxy groups -OCH3 is 2. The van der Waals surface area contributed by atoms with Crippen LogP contribution in [0.4, 0.5) is 16.0 Å². The van der Waals surface area contributed by atoms with Gasteiger partial charge in [0.15, 0.2) is 5.76 Å². The maximum atomic E-state index is 12.7. The van der Waals surface area contributed by atoms with Gasteiger partial charge in [-0.05, 0) is 32.0 Å². The normalized spacial score (nSPS) is 19.6. The maximum Gasteiger partial charge on any atom is 0.381 e. The summed E-state index contributed by atoms with van der Waals surface area (Å²) in [7, 11) is 6.74. The van der Waals surface area contributed by atoms with Crippen LogP contribution in [0.25, 0.3) is 0 Å². The molecule has 0 bridgehead atoms. The van der Waals surface area contributed by atoms with Gasteiger partial charge in [-0.3, -0.25) is 10.1 Å². The van der Waals surface area contributed by atoms with Gasteiger partial charge in [-0.15, -0.1) is 10.2 Å². The Bertz CT molecular complexity index is 1100. The first kappa shape index (κ1) is 24.6. The molecule has 3 radical (unpaired) electrons. The third-order valence-electron chi connectivity index (χ3n) is 5.13. The Morgan fingerprint density at radius 2 is 2.21 bits per heavy atom. The van der Waals surface area contributed by atoms with Gasteiger partial charge in [-0.2, -0.15) is 0 Å². The highest BCUT2D eigenvalue weighted by Gasteiger charge is 2.32. The third-order valence-corrected chi connectivity index (χ3v) is 6.43. The van der Waals surface area contributed by atoms with Crippen LogP contribution in [0.1, 0.15) is 36.7 Å². The number of hydrogen-bond donors (Lipinski definition) is 3. The fourth-order valence-corrected chi connectivity index (χ4v) is 4.80. The van der Waals surface area contributed by atoms with E-state index in [1.807, 2.05) is 0 Å². The van der Waals surface area contributed by atoms with Gasteiger partial charge in [0.05, 0.1) is 29.1 Å². The third kappa shape index (κ3) is 6.06. The van der Waals surface area contributed by atoms with E-state index in [0.717, 1.165) is 30.6 Å². The molecule has 1 fully saturated rings. The summed E-state index contributed by atoms with van der Waals surface area (Å²) in [6.45, 7) is 1.75. The first-order valence-corrected chi connectivity index (χ1v) is 11.6. The highest BCUT2D eigenvalue weighted by Crippen LogP contribution is 2.32. The molecule has 2 aromatic heterocycles. The molecule has 0 saturated heterocycles. The number of rotatable bonds is 9. The molecule has 13 heteroatoms. The largest absolute Gasteiger partial charge is 0.488 e. The van der Waals surface area contributed by atoms with Crippen LogP contribution < -0.4 is 26.7 Å². The number of carbonyl (C=O) groups excluding carboxylic acids is 1. The first-order chi connectivity index (χ1) is 15.9. The summed E-state index contributed by atoms with van der Waals surface area (Å²) >= 11 is 1.06. The molecule has 3 rings (SSSR count). The number of ether oxygens (including phenoxy) is 2. The summed E-state index contributed by atoms with van der Waals surface area (Å²) < 4.78 is 15.9.